The van der Waals surface area contributed by atoms with Crippen LogP contribution in [-0.2, 0) is 42.4 Å². The number of aliphatic hydroxyl groups is 2. The van der Waals surface area contributed by atoms with E-state index in [1.54, 1.807) is 58.0 Å². The summed E-state index contributed by atoms with van der Waals surface area (Å²) in [4.78, 5) is 56.7. The third-order valence-electron chi connectivity index (χ3n) is 11.8. The smallest absolute Gasteiger partial charge is 0.338 e. The van der Waals surface area contributed by atoms with Crippen molar-refractivity contribution in [3.63, 3.8) is 0 Å². The lowest BCUT2D eigenvalue weighted by Crippen LogP contribution is -2.82. The van der Waals surface area contributed by atoms with E-state index >= 15 is 4.79 Å². The fraction of sp³-hybridized carbons (Fsp3) is 0.647. The Morgan fingerprint density at radius 1 is 1.04 bits per heavy atom. The first-order chi connectivity index (χ1) is 25.6. The quantitative estimate of drug-likeness (QED) is 0.0924. The molecule has 2 N–H and O–H groups in total. The molecule has 1 aromatic carbocycles. The molecular weight excluding hydrogens is 879 g/mol. The van der Waals surface area contributed by atoms with Gasteiger partial charge in [0.2, 0.25) is 0 Å². The lowest BCUT2D eigenvalue weighted by Gasteiger charge is -2.68. The van der Waals surface area contributed by atoms with Gasteiger partial charge in [-0.2, -0.15) is 0 Å². The van der Waals surface area contributed by atoms with Gasteiger partial charge in [-0.05, 0) is 57.0 Å². The number of rotatable bonds is 12. The van der Waals surface area contributed by atoms with Gasteiger partial charge in [-0.3, -0.25) is 9.59 Å². The molecule has 55 heavy (non-hydrogen) atoms. The predicted octanol–water partition coefficient (Wildman–Crippen LogP) is 7.43. The van der Waals surface area contributed by atoms with Crippen molar-refractivity contribution in [1.82, 2.24) is 0 Å². The minimum atomic E-state index is -2.15. The molecule has 0 aromatic heterocycles. The van der Waals surface area contributed by atoms with Gasteiger partial charge in [0.05, 0.1) is 37.1 Å². The molecule has 21 heteroatoms. The lowest BCUT2D eigenvalue weighted by molar-refractivity contribution is -0.343. The van der Waals surface area contributed by atoms with E-state index in [-0.39, 0.29) is 45.0 Å². The molecular formula is C34H53O12P9. The zero-order valence-electron chi connectivity index (χ0n) is 31.8. The molecule has 306 valence electrons. The van der Waals surface area contributed by atoms with E-state index in [1.165, 1.54) is 6.92 Å². The van der Waals surface area contributed by atoms with Crippen LogP contribution in [0.15, 0.2) is 41.5 Å². The largest absolute Gasteiger partial charge is 0.456 e. The number of ether oxygens (including phenoxy) is 4. The topological polar surface area (TPSA) is 164 Å². The summed E-state index contributed by atoms with van der Waals surface area (Å²) in [5.41, 5.74) is -6.22. The molecule has 1 aromatic rings. The Balaban J connectivity index is 1.82. The van der Waals surface area contributed by atoms with Gasteiger partial charge in [-0.1, -0.05) is 54.8 Å². The summed E-state index contributed by atoms with van der Waals surface area (Å²) >= 11 is 0. The van der Waals surface area contributed by atoms with Gasteiger partial charge < -0.3 is 38.2 Å². The molecule has 3 aliphatic carbocycles. The molecule has 3 fully saturated rings. The SMILES string of the molecule is CC(=O)O[C@@]12CO[C@@H]1C[C@H](OP(P(P)P)P(P)P)[C@@]1(C)C(=O)[C@H](O)C3=C(C)[C@@H](OC(=O)[C@H](OPP)C(C)C)C[C@@](O)([C@@H](OC(=O)c4ccccc4)C12)C3(C)C. The van der Waals surface area contributed by atoms with Crippen LogP contribution < -0.4 is 0 Å². The Morgan fingerprint density at radius 3 is 2.16 bits per heavy atom. The summed E-state index contributed by atoms with van der Waals surface area (Å²) in [5.74, 6) is -4.36. The molecule has 2 bridgehead atoms. The van der Waals surface area contributed by atoms with E-state index in [0.717, 1.165) is 0 Å². The third kappa shape index (κ3) is 8.38. The third-order valence-corrected chi connectivity index (χ3v) is 35.0. The summed E-state index contributed by atoms with van der Waals surface area (Å²) in [6.07, 6.45) is -7.42. The second-order valence-corrected chi connectivity index (χ2v) is 40.4. The number of fused-ring (bicyclic) bond motifs is 5. The molecule has 12 nitrogen and oxygen atoms in total. The van der Waals surface area contributed by atoms with Crippen LogP contribution in [0.1, 0.15) is 71.7 Å². The highest BCUT2D eigenvalue weighted by Crippen LogP contribution is 2.98. The van der Waals surface area contributed by atoms with Crippen molar-refractivity contribution in [2.24, 2.45) is 22.7 Å². The standard InChI is InChI=1S/C34H53O12P9/c1-16(2)25(45-52-47)30(39)42-20-14-34(40)28(43-29(38)19-11-9-8-10-12-19)26-32(7,27(37)24(36)23(17(20)3)31(34,5)6)21(46-53(54(48)49)55(50)51)13-22-33(26,15-41-22)44-18(4)35/h8-12,16,20-22,24-26,28,36,40,52H,13-15,47-51H2,1-7H3/t20-,21-,22+,24+,25+,26?,28-,32+,33-,34+/m0/s1. The fourth-order valence-corrected chi connectivity index (χ4v) is 42.8. The van der Waals surface area contributed by atoms with Crippen molar-refractivity contribution in [3.8, 4) is 0 Å². The van der Waals surface area contributed by atoms with Crippen LogP contribution in [0, 0.1) is 22.7 Å². The number of ketones is 1. The van der Waals surface area contributed by atoms with Crippen LogP contribution in [0.25, 0.3) is 0 Å². The summed E-state index contributed by atoms with van der Waals surface area (Å²) < 4.78 is 37.8. The van der Waals surface area contributed by atoms with Crippen molar-refractivity contribution in [3.05, 3.63) is 47.0 Å². The van der Waals surface area contributed by atoms with Crippen LogP contribution in [0.4, 0.5) is 0 Å². The molecule has 4 aliphatic rings. The van der Waals surface area contributed by atoms with Gasteiger partial charge in [-0.25, -0.2) is 9.59 Å². The molecule has 0 radical (unpaired) electrons. The fourth-order valence-electron chi connectivity index (χ4n) is 8.98. The van der Waals surface area contributed by atoms with Crippen LogP contribution in [0.2, 0.25) is 0 Å². The Labute approximate surface area is 339 Å². The zero-order chi connectivity index (χ0) is 41.0. The Hall–Kier alpha value is 0.710. The highest BCUT2D eigenvalue weighted by molar-refractivity contribution is 8.96. The minimum Gasteiger partial charge on any atom is -0.456 e. The first-order valence-electron chi connectivity index (χ1n) is 17.7. The first-order valence-corrected chi connectivity index (χ1v) is 32.2. The Morgan fingerprint density at radius 2 is 1.65 bits per heavy atom. The number of esters is 3. The Kier molecular flexibility index (Phi) is 15.3. The van der Waals surface area contributed by atoms with Gasteiger partial charge in [0.15, 0.2) is 17.5 Å². The molecule has 2 saturated carbocycles. The number of hydrogen-bond acceptors (Lipinski definition) is 12. The number of hydrogen-bond donors (Lipinski definition) is 2. The zero-order valence-corrected chi connectivity index (χ0v) is 41.3. The molecule has 0 amide bonds. The predicted molar refractivity (Wildman–Crippen MR) is 235 cm³/mol. The number of benzene rings is 1. The van der Waals surface area contributed by atoms with E-state index in [9.17, 15) is 24.6 Å². The van der Waals surface area contributed by atoms with E-state index in [2.05, 4.69) is 44.6 Å². The maximum Gasteiger partial charge on any atom is 0.338 e. The van der Waals surface area contributed by atoms with E-state index in [0.29, 0.717) is 5.57 Å². The maximum absolute atomic E-state index is 15.5. The molecule has 1 heterocycles. The number of carbonyl (C=O) groups is 4. The second-order valence-electron chi connectivity index (χ2n) is 15.6. The van der Waals surface area contributed by atoms with Crippen LogP contribution in [-0.4, -0.2) is 88.3 Å². The van der Waals surface area contributed by atoms with Gasteiger partial charge in [0.25, 0.3) is 0 Å². The summed E-state index contributed by atoms with van der Waals surface area (Å²) in [6, 6.07) is 8.25. The number of carbonyl (C=O) groups excluding carboxylic acids is 4. The first kappa shape index (κ1) is 46.8. The summed E-state index contributed by atoms with van der Waals surface area (Å²) in [6.45, 7) is 9.79. The average Bonchev–Trinajstić information content (AvgIpc) is 3.09. The molecule has 16 atom stereocenters. The van der Waals surface area contributed by atoms with Crippen molar-refractivity contribution < 1.29 is 57.4 Å². The molecule has 1 aliphatic heterocycles. The summed E-state index contributed by atoms with van der Waals surface area (Å²) in [5, 5.41) is 26.2. The number of aliphatic hydroxyl groups excluding tert-OH is 1. The molecule has 7 unspecified atom stereocenters. The van der Waals surface area contributed by atoms with Gasteiger partial charge in [-0.15, -0.1) is 35.7 Å². The van der Waals surface area contributed by atoms with Crippen molar-refractivity contribution in [2.75, 3.05) is 6.61 Å². The molecule has 0 spiro atoms. The minimum absolute atomic E-state index is 0.0859. The van der Waals surface area contributed by atoms with Crippen molar-refractivity contribution >= 4 is 98.3 Å². The van der Waals surface area contributed by atoms with E-state index in [4.69, 9.17) is 28.0 Å². The highest BCUT2D eigenvalue weighted by Gasteiger charge is 2.78. The Bertz CT molecular complexity index is 1670. The van der Waals surface area contributed by atoms with Crippen molar-refractivity contribution in [2.45, 2.75) is 109 Å². The van der Waals surface area contributed by atoms with Crippen LogP contribution >= 0.6 is 74.6 Å². The monoisotopic (exact) mass is 932 g/mol. The van der Waals surface area contributed by atoms with Crippen LogP contribution in [0.3, 0.4) is 0 Å². The van der Waals surface area contributed by atoms with Gasteiger partial charge in [0.1, 0.15) is 30.0 Å². The lowest BCUT2D eigenvalue weighted by atomic mass is 9.44. The van der Waals surface area contributed by atoms with Crippen molar-refractivity contribution in [1.29, 1.82) is 0 Å². The average molecular weight is 933 g/mol. The van der Waals surface area contributed by atoms with E-state index < -0.39 is 110 Å². The van der Waals surface area contributed by atoms with E-state index in [1.807, 2.05) is 13.8 Å². The molecule has 1 saturated heterocycles. The van der Waals surface area contributed by atoms with Gasteiger partial charge >= 0.3 is 17.9 Å². The summed E-state index contributed by atoms with van der Waals surface area (Å²) in [7, 11) is 12.4. The van der Waals surface area contributed by atoms with Gasteiger partial charge in [0, 0.05) is 33.7 Å². The second kappa shape index (κ2) is 18.0. The number of Topliss-reactive ketones (excluding diaryl/α,β-unsaturated/α-hetero) is 1. The van der Waals surface area contributed by atoms with Crippen LogP contribution in [0.5, 0.6) is 0 Å². The molecule has 5 rings (SSSR count). The maximum atomic E-state index is 15.5. The highest BCUT2D eigenvalue weighted by atomic mass is 33.0. The normalized spacial score (nSPS) is 34.9.